The lowest BCUT2D eigenvalue weighted by Crippen LogP contribution is -1.89. The van der Waals surface area contributed by atoms with Crippen LogP contribution in [-0.2, 0) is 4.79 Å². The average molecular weight is 380 g/mol. The molecule has 0 saturated heterocycles. The molecule has 0 aliphatic rings. The molecule has 0 aliphatic heterocycles. The van der Waals surface area contributed by atoms with Gasteiger partial charge < -0.3 is 9.84 Å². The number of hydrogen-bond donors (Lipinski definition) is 1. The fourth-order valence-electron chi connectivity index (χ4n) is 1.63. The van der Waals surface area contributed by atoms with Crippen LogP contribution in [0.1, 0.15) is 11.1 Å². The molecular formula is C16H13IO3. The standard InChI is InChI=1S/C16H13IO3/c1-11-2-3-12(4-9-16(18)19)10-15(11)20-14-7-5-13(17)6-8-14/h2-10H,1H3,(H,18,19)/b9-4+. The first-order valence-corrected chi connectivity index (χ1v) is 7.07. The van der Waals surface area contributed by atoms with E-state index < -0.39 is 5.97 Å². The summed E-state index contributed by atoms with van der Waals surface area (Å²) < 4.78 is 6.97. The van der Waals surface area contributed by atoms with Crippen LogP contribution in [0.15, 0.2) is 48.5 Å². The zero-order chi connectivity index (χ0) is 14.5. The highest BCUT2D eigenvalue weighted by Gasteiger charge is 2.03. The van der Waals surface area contributed by atoms with Crippen LogP contribution in [0.2, 0.25) is 0 Å². The summed E-state index contributed by atoms with van der Waals surface area (Å²) in [7, 11) is 0. The molecule has 0 bridgehead atoms. The van der Waals surface area contributed by atoms with Crippen molar-refractivity contribution in [2.24, 2.45) is 0 Å². The van der Waals surface area contributed by atoms with Gasteiger partial charge in [0.05, 0.1) is 0 Å². The van der Waals surface area contributed by atoms with Gasteiger partial charge in [0.1, 0.15) is 11.5 Å². The monoisotopic (exact) mass is 380 g/mol. The predicted octanol–water partition coefficient (Wildman–Crippen LogP) is 4.49. The van der Waals surface area contributed by atoms with E-state index in [2.05, 4.69) is 22.6 Å². The minimum absolute atomic E-state index is 0.721. The van der Waals surface area contributed by atoms with Crippen LogP contribution >= 0.6 is 22.6 Å². The molecule has 4 heteroatoms. The zero-order valence-corrected chi connectivity index (χ0v) is 13.0. The van der Waals surface area contributed by atoms with E-state index in [4.69, 9.17) is 9.84 Å². The summed E-state index contributed by atoms with van der Waals surface area (Å²) in [5.41, 5.74) is 1.79. The number of ether oxygens (including phenoxy) is 1. The van der Waals surface area contributed by atoms with Crippen molar-refractivity contribution in [1.29, 1.82) is 0 Å². The maximum Gasteiger partial charge on any atom is 0.328 e. The third-order valence-electron chi connectivity index (χ3n) is 2.67. The molecule has 2 aromatic carbocycles. The molecule has 20 heavy (non-hydrogen) atoms. The molecule has 2 aromatic rings. The van der Waals surface area contributed by atoms with Crippen LogP contribution < -0.4 is 4.74 Å². The molecule has 0 aliphatic carbocycles. The lowest BCUT2D eigenvalue weighted by atomic mass is 10.1. The van der Waals surface area contributed by atoms with Crippen molar-refractivity contribution in [3.8, 4) is 11.5 Å². The molecule has 0 unspecified atom stereocenters. The summed E-state index contributed by atoms with van der Waals surface area (Å²) >= 11 is 2.24. The number of rotatable bonds is 4. The van der Waals surface area contributed by atoms with Crippen molar-refractivity contribution < 1.29 is 14.6 Å². The number of aryl methyl sites for hydroxylation is 1. The average Bonchev–Trinajstić information content (AvgIpc) is 2.42. The molecule has 0 heterocycles. The third-order valence-corrected chi connectivity index (χ3v) is 3.39. The third kappa shape index (κ3) is 4.09. The molecule has 1 N–H and O–H groups in total. The number of aliphatic carboxylic acids is 1. The second-order valence-electron chi connectivity index (χ2n) is 4.25. The summed E-state index contributed by atoms with van der Waals surface area (Å²) in [5.74, 6) is 0.511. The lowest BCUT2D eigenvalue weighted by Gasteiger charge is -2.09. The van der Waals surface area contributed by atoms with E-state index in [0.29, 0.717) is 0 Å². The van der Waals surface area contributed by atoms with E-state index >= 15 is 0 Å². The number of halogens is 1. The molecule has 0 radical (unpaired) electrons. The van der Waals surface area contributed by atoms with Crippen LogP contribution in [0.25, 0.3) is 6.08 Å². The van der Waals surface area contributed by atoms with E-state index in [1.54, 1.807) is 6.08 Å². The van der Waals surface area contributed by atoms with Gasteiger partial charge >= 0.3 is 5.97 Å². The Morgan fingerprint density at radius 2 is 1.90 bits per heavy atom. The molecule has 0 amide bonds. The van der Waals surface area contributed by atoms with E-state index in [-0.39, 0.29) is 0 Å². The van der Waals surface area contributed by atoms with Crippen molar-refractivity contribution >= 4 is 34.6 Å². The minimum atomic E-state index is -0.967. The molecule has 0 fully saturated rings. The minimum Gasteiger partial charge on any atom is -0.478 e. The van der Waals surface area contributed by atoms with Crippen molar-refractivity contribution in [3.05, 3.63) is 63.2 Å². The molecule has 0 aromatic heterocycles. The smallest absolute Gasteiger partial charge is 0.328 e. The highest BCUT2D eigenvalue weighted by atomic mass is 127. The first kappa shape index (κ1) is 14.6. The Morgan fingerprint density at radius 3 is 2.55 bits per heavy atom. The normalized spacial score (nSPS) is 10.7. The Kier molecular flexibility index (Phi) is 4.79. The van der Waals surface area contributed by atoms with Gasteiger partial charge in [-0.3, -0.25) is 0 Å². The van der Waals surface area contributed by atoms with Gasteiger partial charge in [0, 0.05) is 9.65 Å². The Bertz CT molecular complexity index is 645. The SMILES string of the molecule is Cc1ccc(/C=C/C(=O)O)cc1Oc1ccc(I)cc1. The maximum absolute atomic E-state index is 10.5. The molecule has 2 rings (SSSR count). The van der Waals surface area contributed by atoms with Crippen LogP contribution in [0, 0.1) is 10.5 Å². The van der Waals surface area contributed by atoms with Gasteiger partial charge in [-0.2, -0.15) is 0 Å². The topological polar surface area (TPSA) is 46.5 Å². The molecular weight excluding hydrogens is 367 g/mol. The van der Waals surface area contributed by atoms with Gasteiger partial charge in [-0.15, -0.1) is 0 Å². The van der Waals surface area contributed by atoms with Gasteiger partial charge in [-0.25, -0.2) is 4.79 Å². The van der Waals surface area contributed by atoms with Crippen molar-refractivity contribution in [2.45, 2.75) is 6.92 Å². The molecule has 0 saturated carbocycles. The van der Waals surface area contributed by atoms with Crippen LogP contribution in [0.4, 0.5) is 0 Å². The van der Waals surface area contributed by atoms with E-state index in [1.807, 2.05) is 49.4 Å². The zero-order valence-electron chi connectivity index (χ0n) is 10.8. The van der Waals surface area contributed by atoms with E-state index in [9.17, 15) is 4.79 Å². The van der Waals surface area contributed by atoms with E-state index in [1.165, 1.54) is 0 Å². The number of carboxylic acid groups (broad SMARTS) is 1. The predicted molar refractivity (Wildman–Crippen MR) is 87.1 cm³/mol. The summed E-state index contributed by atoms with van der Waals surface area (Å²) in [4.78, 5) is 10.5. The molecule has 0 spiro atoms. The number of hydrogen-bond acceptors (Lipinski definition) is 2. The van der Waals surface area contributed by atoms with Crippen molar-refractivity contribution in [1.82, 2.24) is 0 Å². The first-order chi connectivity index (χ1) is 9.54. The van der Waals surface area contributed by atoms with Crippen LogP contribution in [0.3, 0.4) is 0 Å². The number of benzene rings is 2. The number of carbonyl (C=O) groups is 1. The highest BCUT2D eigenvalue weighted by molar-refractivity contribution is 14.1. The summed E-state index contributed by atoms with van der Waals surface area (Å²) in [6.07, 6.45) is 2.65. The van der Waals surface area contributed by atoms with E-state index in [0.717, 1.165) is 32.3 Å². The van der Waals surface area contributed by atoms with Crippen LogP contribution in [-0.4, -0.2) is 11.1 Å². The Hall–Kier alpha value is -1.82. The van der Waals surface area contributed by atoms with Gasteiger partial charge in [-0.05, 0) is 77.0 Å². The van der Waals surface area contributed by atoms with Gasteiger partial charge in [0.15, 0.2) is 0 Å². The highest BCUT2D eigenvalue weighted by Crippen LogP contribution is 2.27. The summed E-state index contributed by atoms with van der Waals surface area (Å²) in [6.45, 7) is 1.95. The Morgan fingerprint density at radius 1 is 1.20 bits per heavy atom. The second-order valence-corrected chi connectivity index (χ2v) is 5.50. The molecule has 0 atom stereocenters. The van der Waals surface area contributed by atoms with Crippen LogP contribution in [0.5, 0.6) is 11.5 Å². The Labute approximate surface area is 131 Å². The second kappa shape index (κ2) is 6.56. The van der Waals surface area contributed by atoms with Gasteiger partial charge in [-0.1, -0.05) is 12.1 Å². The first-order valence-electron chi connectivity index (χ1n) is 6.00. The lowest BCUT2D eigenvalue weighted by molar-refractivity contribution is -0.131. The largest absolute Gasteiger partial charge is 0.478 e. The molecule has 3 nitrogen and oxygen atoms in total. The summed E-state index contributed by atoms with van der Waals surface area (Å²) in [6, 6.07) is 13.3. The molecule has 102 valence electrons. The quantitative estimate of drug-likeness (QED) is 0.628. The van der Waals surface area contributed by atoms with Gasteiger partial charge in [0.2, 0.25) is 0 Å². The fourth-order valence-corrected chi connectivity index (χ4v) is 1.99. The Balaban J connectivity index is 2.24. The van der Waals surface area contributed by atoms with Crippen molar-refractivity contribution in [2.75, 3.05) is 0 Å². The van der Waals surface area contributed by atoms with Gasteiger partial charge in [0.25, 0.3) is 0 Å². The van der Waals surface area contributed by atoms with Crippen molar-refractivity contribution in [3.63, 3.8) is 0 Å². The maximum atomic E-state index is 10.5. The number of carboxylic acids is 1. The summed E-state index contributed by atoms with van der Waals surface area (Å²) in [5, 5.41) is 8.64. The fraction of sp³-hybridized carbons (Fsp3) is 0.0625.